The van der Waals surface area contributed by atoms with Crippen LogP contribution in [0.5, 0.6) is 0 Å². The maximum Gasteiger partial charge on any atom is 0.255 e. The molecule has 0 radical (unpaired) electrons. The molecule has 0 unspecified atom stereocenters. The van der Waals surface area contributed by atoms with Gasteiger partial charge in [-0.1, -0.05) is 6.42 Å². The molecule has 3 rings (SSSR count). The average molecular weight is 273 g/mol. The molecule has 5 nitrogen and oxygen atoms in total. The Morgan fingerprint density at radius 2 is 1.80 bits per heavy atom. The summed E-state index contributed by atoms with van der Waals surface area (Å²) in [4.78, 5) is 32.1. The molecule has 106 valence electrons. The summed E-state index contributed by atoms with van der Waals surface area (Å²) >= 11 is 0. The van der Waals surface area contributed by atoms with Crippen molar-refractivity contribution in [1.29, 1.82) is 0 Å². The van der Waals surface area contributed by atoms with Crippen molar-refractivity contribution in [3.05, 3.63) is 30.1 Å². The third kappa shape index (κ3) is 2.53. The molecule has 2 aliphatic rings. The molecule has 2 heterocycles. The molecule has 0 N–H and O–H groups in total. The SMILES string of the molecule is O=C(c1cccnc1)N1CCN(C(=O)C2CCC2)CC1. The molecule has 2 amide bonds. The minimum Gasteiger partial charge on any atom is -0.339 e. The highest BCUT2D eigenvalue weighted by molar-refractivity contribution is 5.94. The molecule has 0 aromatic carbocycles. The lowest BCUT2D eigenvalue weighted by Crippen LogP contribution is -2.52. The molecule has 0 spiro atoms. The molecule has 5 heteroatoms. The molecule has 0 atom stereocenters. The summed E-state index contributed by atoms with van der Waals surface area (Å²) in [5.74, 6) is 0.536. The summed E-state index contributed by atoms with van der Waals surface area (Å²) in [6, 6.07) is 3.55. The zero-order valence-electron chi connectivity index (χ0n) is 11.5. The smallest absolute Gasteiger partial charge is 0.255 e. The Labute approximate surface area is 118 Å². The van der Waals surface area contributed by atoms with Crippen LogP contribution in [0.3, 0.4) is 0 Å². The topological polar surface area (TPSA) is 53.5 Å². The largest absolute Gasteiger partial charge is 0.339 e. The van der Waals surface area contributed by atoms with Crippen LogP contribution < -0.4 is 0 Å². The van der Waals surface area contributed by atoms with Gasteiger partial charge in [-0.15, -0.1) is 0 Å². The first-order valence-corrected chi connectivity index (χ1v) is 7.24. The molecule has 1 aliphatic carbocycles. The van der Waals surface area contributed by atoms with E-state index in [-0.39, 0.29) is 17.7 Å². The molecule has 20 heavy (non-hydrogen) atoms. The Balaban J connectivity index is 1.55. The van der Waals surface area contributed by atoms with Gasteiger partial charge in [-0.2, -0.15) is 0 Å². The molecule has 1 aromatic heterocycles. The van der Waals surface area contributed by atoms with Crippen LogP contribution in [0.2, 0.25) is 0 Å². The summed E-state index contributed by atoms with van der Waals surface area (Å²) in [5, 5.41) is 0. The summed E-state index contributed by atoms with van der Waals surface area (Å²) < 4.78 is 0. The molecule has 1 aliphatic heterocycles. The standard InChI is InChI=1S/C15H19N3O2/c19-14(12-3-1-4-12)17-7-9-18(10-8-17)15(20)13-5-2-6-16-11-13/h2,5-6,11-12H,1,3-4,7-10H2. The molecular formula is C15H19N3O2. The van der Waals surface area contributed by atoms with Gasteiger partial charge in [0.25, 0.3) is 5.91 Å². The average Bonchev–Trinajstić information content (AvgIpc) is 2.46. The van der Waals surface area contributed by atoms with Crippen LogP contribution in [0.1, 0.15) is 29.6 Å². The van der Waals surface area contributed by atoms with E-state index in [1.165, 1.54) is 6.42 Å². The summed E-state index contributed by atoms with van der Waals surface area (Å²) in [6.45, 7) is 2.54. The van der Waals surface area contributed by atoms with E-state index in [0.717, 1.165) is 12.8 Å². The van der Waals surface area contributed by atoms with E-state index < -0.39 is 0 Å². The van der Waals surface area contributed by atoms with Gasteiger partial charge in [-0.3, -0.25) is 14.6 Å². The van der Waals surface area contributed by atoms with Gasteiger partial charge in [0.2, 0.25) is 5.91 Å². The minimum absolute atomic E-state index is 0.00819. The second kappa shape index (κ2) is 5.61. The van der Waals surface area contributed by atoms with E-state index in [1.54, 1.807) is 24.5 Å². The maximum atomic E-state index is 12.3. The maximum absolute atomic E-state index is 12.3. The van der Waals surface area contributed by atoms with Crippen molar-refractivity contribution in [2.24, 2.45) is 5.92 Å². The summed E-state index contributed by atoms with van der Waals surface area (Å²) in [5.41, 5.74) is 0.617. The summed E-state index contributed by atoms with van der Waals surface area (Å²) in [7, 11) is 0. The van der Waals surface area contributed by atoms with Gasteiger partial charge in [0, 0.05) is 44.5 Å². The van der Waals surface area contributed by atoms with Crippen LogP contribution in [0.15, 0.2) is 24.5 Å². The van der Waals surface area contributed by atoms with E-state index in [4.69, 9.17) is 0 Å². The highest BCUT2D eigenvalue weighted by Gasteiger charge is 2.32. The predicted octanol–water partition coefficient (Wildman–Crippen LogP) is 1.17. The Kier molecular flexibility index (Phi) is 3.67. The van der Waals surface area contributed by atoms with E-state index in [9.17, 15) is 9.59 Å². The lowest BCUT2D eigenvalue weighted by atomic mass is 9.84. The van der Waals surface area contributed by atoms with E-state index >= 15 is 0 Å². The van der Waals surface area contributed by atoms with E-state index in [0.29, 0.717) is 31.7 Å². The van der Waals surface area contributed by atoms with E-state index in [1.807, 2.05) is 9.80 Å². The Bertz CT molecular complexity index is 491. The second-order valence-electron chi connectivity index (χ2n) is 5.49. The van der Waals surface area contributed by atoms with Crippen molar-refractivity contribution in [3.63, 3.8) is 0 Å². The van der Waals surface area contributed by atoms with Crippen molar-refractivity contribution in [3.8, 4) is 0 Å². The molecular weight excluding hydrogens is 254 g/mol. The van der Waals surface area contributed by atoms with Gasteiger partial charge in [0.05, 0.1) is 5.56 Å². The zero-order valence-corrected chi connectivity index (χ0v) is 11.5. The van der Waals surface area contributed by atoms with Crippen LogP contribution in [0, 0.1) is 5.92 Å². The first-order chi connectivity index (χ1) is 9.75. The lowest BCUT2D eigenvalue weighted by Gasteiger charge is -2.38. The van der Waals surface area contributed by atoms with Gasteiger partial charge in [-0.05, 0) is 25.0 Å². The quantitative estimate of drug-likeness (QED) is 0.812. The fraction of sp³-hybridized carbons (Fsp3) is 0.533. The summed E-state index contributed by atoms with van der Waals surface area (Å²) in [6.07, 6.45) is 6.50. The van der Waals surface area contributed by atoms with Gasteiger partial charge < -0.3 is 9.80 Å². The van der Waals surface area contributed by atoms with Crippen LogP contribution in [0.4, 0.5) is 0 Å². The van der Waals surface area contributed by atoms with Gasteiger partial charge >= 0.3 is 0 Å². The molecule has 1 aromatic rings. The highest BCUT2D eigenvalue weighted by atomic mass is 16.2. The van der Waals surface area contributed by atoms with E-state index in [2.05, 4.69) is 4.98 Å². The Morgan fingerprint density at radius 1 is 1.10 bits per heavy atom. The highest BCUT2D eigenvalue weighted by Crippen LogP contribution is 2.28. The number of pyridine rings is 1. The third-order valence-corrected chi connectivity index (χ3v) is 4.24. The van der Waals surface area contributed by atoms with Crippen molar-refractivity contribution in [1.82, 2.24) is 14.8 Å². The monoisotopic (exact) mass is 273 g/mol. The van der Waals surface area contributed by atoms with Gasteiger partial charge in [-0.25, -0.2) is 0 Å². The normalized spacial score (nSPS) is 19.6. The fourth-order valence-electron chi connectivity index (χ4n) is 2.72. The predicted molar refractivity (Wildman–Crippen MR) is 74.1 cm³/mol. The Morgan fingerprint density at radius 3 is 2.35 bits per heavy atom. The van der Waals surface area contributed by atoms with Crippen molar-refractivity contribution in [2.45, 2.75) is 19.3 Å². The number of carbonyl (C=O) groups is 2. The van der Waals surface area contributed by atoms with Crippen molar-refractivity contribution >= 4 is 11.8 Å². The molecule has 2 fully saturated rings. The number of nitrogens with zero attached hydrogens (tertiary/aromatic N) is 3. The lowest BCUT2D eigenvalue weighted by molar-refractivity contribution is -0.139. The second-order valence-corrected chi connectivity index (χ2v) is 5.49. The van der Waals surface area contributed by atoms with Crippen LogP contribution >= 0.6 is 0 Å². The van der Waals surface area contributed by atoms with Gasteiger partial charge in [0.1, 0.15) is 0 Å². The number of hydrogen-bond acceptors (Lipinski definition) is 3. The van der Waals surface area contributed by atoms with Crippen LogP contribution in [-0.4, -0.2) is 52.8 Å². The number of rotatable bonds is 2. The van der Waals surface area contributed by atoms with Crippen molar-refractivity contribution < 1.29 is 9.59 Å². The van der Waals surface area contributed by atoms with Crippen molar-refractivity contribution in [2.75, 3.05) is 26.2 Å². The number of aromatic nitrogens is 1. The molecule has 0 bridgehead atoms. The molecule has 1 saturated carbocycles. The van der Waals surface area contributed by atoms with Gasteiger partial charge in [0.15, 0.2) is 0 Å². The molecule has 1 saturated heterocycles. The zero-order chi connectivity index (χ0) is 13.9. The third-order valence-electron chi connectivity index (χ3n) is 4.24. The first kappa shape index (κ1) is 13.1. The number of hydrogen-bond donors (Lipinski definition) is 0. The minimum atomic E-state index is 0.00819. The number of piperazine rings is 1. The van der Waals surface area contributed by atoms with Crippen LogP contribution in [0.25, 0.3) is 0 Å². The first-order valence-electron chi connectivity index (χ1n) is 7.24. The Hall–Kier alpha value is -1.91. The van der Waals surface area contributed by atoms with Crippen LogP contribution in [-0.2, 0) is 4.79 Å². The number of amides is 2. The number of carbonyl (C=O) groups excluding carboxylic acids is 2. The fourth-order valence-corrected chi connectivity index (χ4v) is 2.72.